The molecule has 1 N–H and O–H groups in total. The average molecular weight is 387 g/mol. The number of carboxylic acids is 1. The molecule has 0 unspecified atom stereocenters. The molecule has 0 aliphatic heterocycles. The highest BCUT2D eigenvalue weighted by molar-refractivity contribution is 5.76. The predicted molar refractivity (Wildman–Crippen MR) is 103 cm³/mol. The van der Waals surface area contributed by atoms with Crippen LogP contribution in [0, 0.1) is 5.82 Å². The van der Waals surface area contributed by atoms with Gasteiger partial charge in [0.2, 0.25) is 0 Å². The number of azo groups is 1. The number of hydrogen-bond acceptors (Lipinski definition) is 6. The Morgan fingerprint density at radius 1 is 1.00 bits per heavy atom. The second-order valence-electron chi connectivity index (χ2n) is 5.89. The van der Waals surface area contributed by atoms with Gasteiger partial charge in [-0.15, -0.1) is 0 Å². The normalized spacial score (nSPS) is 10.8. The zero-order valence-corrected chi connectivity index (χ0v) is 15.5. The molecule has 0 bridgehead atoms. The van der Waals surface area contributed by atoms with Crippen LogP contribution in [0.25, 0.3) is 0 Å². The maximum absolute atomic E-state index is 12.9. The molecule has 2 rings (SSSR count). The van der Waals surface area contributed by atoms with Gasteiger partial charge in [0.05, 0.1) is 30.8 Å². The van der Waals surface area contributed by atoms with Gasteiger partial charge in [-0.05, 0) is 55.5 Å². The van der Waals surface area contributed by atoms with Crippen LogP contribution in [0.1, 0.15) is 19.8 Å². The number of carbonyl (C=O) groups is 2. The Kier molecular flexibility index (Phi) is 8.08. The molecule has 8 heteroatoms. The van der Waals surface area contributed by atoms with E-state index in [1.807, 2.05) is 36.1 Å². The van der Waals surface area contributed by atoms with Gasteiger partial charge in [-0.2, -0.15) is 10.2 Å². The number of rotatable bonds is 10. The number of nitrogens with zero attached hydrogens (tertiary/aromatic N) is 3. The molecule has 0 aromatic heterocycles. The Labute approximate surface area is 162 Å². The fourth-order valence-corrected chi connectivity index (χ4v) is 2.37. The maximum Gasteiger partial charge on any atom is 0.306 e. The fourth-order valence-electron chi connectivity index (χ4n) is 2.37. The summed E-state index contributed by atoms with van der Waals surface area (Å²) in [5, 5.41) is 16.7. The van der Waals surface area contributed by atoms with Gasteiger partial charge in [0.25, 0.3) is 0 Å². The highest BCUT2D eigenvalue weighted by Crippen LogP contribution is 2.22. The van der Waals surface area contributed by atoms with Crippen LogP contribution in [0.5, 0.6) is 0 Å². The van der Waals surface area contributed by atoms with Crippen molar-refractivity contribution in [1.82, 2.24) is 0 Å². The molecule has 7 nitrogen and oxygen atoms in total. The first-order valence-electron chi connectivity index (χ1n) is 8.87. The van der Waals surface area contributed by atoms with Crippen LogP contribution < -0.4 is 4.90 Å². The number of anilines is 1. The van der Waals surface area contributed by atoms with Gasteiger partial charge in [-0.1, -0.05) is 0 Å². The summed E-state index contributed by atoms with van der Waals surface area (Å²) in [4.78, 5) is 23.9. The first-order valence-corrected chi connectivity index (χ1v) is 8.87. The van der Waals surface area contributed by atoms with Crippen molar-refractivity contribution in [2.75, 3.05) is 24.6 Å². The number of aliphatic carboxylic acids is 1. The van der Waals surface area contributed by atoms with Gasteiger partial charge >= 0.3 is 11.9 Å². The number of carbonyl (C=O) groups excluding carboxylic acids is 1. The molecule has 0 aliphatic carbocycles. The molecule has 0 atom stereocenters. The third-order valence-corrected chi connectivity index (χ3v) is 3.87. The van der Waals surface area contributed by atoms with Gasteiger partial charge in [-0.25, -0.2) is 4.39 Å². The summed E-state index contributed by atoms with van der Waals surface area (Å²) in [7, 11) is 0. The molecule has 0 saturated heterocycles. The van der Waals surface area contributed by atoms with Crippen LogP contribution in [0.4, 0.5) is 21.5 Å². The van der Waals surface area contributed by atoms with E-state index in [0.717, 1.165) is 5.69 Å². The number of halogens is 1. The van der Waals surface area contributed by atoms with Crippen LogP contribution in [-0.2, 0) is 14.3 Å². The van der Waals surface area contributed by atoms with Crippen molar-refractivity contribution in [1.29, 1.82) is 0 Å². The number of carboxylic acid groups (broad SMARTS) is 1. The fraction of sp³-hybridized carbons (Fsp3) is 0.300. The van der Waals surface area contributed by atoms with E-state index in [1.54, 1.807) is 12.1 Å². The van der Waals surface area contributed by atoms with Crippen molar-refractivity contribution < 1.29 is 23.8 Å². The lowest BCUT2D eigenvalue weighted by atomic mass is 10.2. The largest absolute Gasteiger partial charge is 0.481 e. The third-order valence-electron chi connectivity index (χ3n) is 3.87. The SMILES string of the molecule is CCN(CCOC(=O)CCC(=O)O)c1ccc(N=Nc2ccc(F)cc2)cc1. The minimum Gasteiger partial charge on any atom is -0.481 e. The number of ether oxygens (including phenoxy) is 1. The lowest BCUT2D eigenvalue weighted by molar-refractivity contribution is -0.147. The van der Waals surface area contributed by atoms with E-state index >= 15 is 0 Å². The van der Waals surface area contributed by atoms with Gasteiger partial charge < -0.3 is 14.7 Å². The van der Waals surface area contributed by atoms with Crippen molar-refractivity contribution in [3.63, 3.8) is 0 Å². The van der Waals surface area contributed by atoms with Crippen molar-refractivity contribution in [2.24, 2.45) is 10.2 Å². The Morgan fingerprint density at radius 2 is 1.57 bits per heavy atom. The van der Waals surface area contributed by atoms with Gasteiger partial charge in [0, 0.05) is 12.2 Å². The molecule has 0 fully saturated rings. The van der Waals surface area contributed by atoms with E-state index in [1.165, 1.54) is 12.1 Å². The number of hydrogen-bond donors (Lipinski definition) is 1. The van der Waals surface area contributed by atoms with Crippen molar-refractivity contribution in [2.45, 2.75) is 19.8 Å². The standard InChI is InChI=1S/C20H22FN3O4/c1-2-24(13-14-28-20(27)12-11-19(25)26)18-9-7-17(8-10-18)23-22-16-5-3-15(21)4-6-16/h3-10H,2,11-14H2,1H3,(H,25,26). The summed E-state index contributed by atoms with van der Waals surface area (Å²) in [6.07, 6.45) is -0.362. The third kappa shape index (κ3) is 7.14. The van der Waals surface area contributed by atoms with E-state index in [0.29, 0.717) is 24.5 Å². The molecule has 0 radical (unpaired) electrons. The van der Waals surface area contributed by atoms with E-state index in [2.05, 4.69) is 10.2 Å². The minimum atomic E-state index is -1.02. The zero-order valence-electron chi connectivity index (χ0n) is 15.5. The molecule has 0 saturated carbocycles. The summed E-state index contributed by atoms with van der Waals surface area (Å²) < 4.78 is 17.9. The second-order valence-corrected chi connectivity index (χ2v) is 5.89. The second kappa shape index (κ2) is 10.8. The summed E-state index contributed by atoms with van der Waals surface area (Å²) in [6.45, 7) is 3.36. The quantitative estimate of drug-likeness (QED) is 0.479. The van der Waals surface area contributed by atoms with Crippen molar-refractivity contribution in [3.8, 4) is 0 Å². The molecular formula is C20H22FN3O4. The molecule has 2 aromatic rings. The van der Waals surface area contributed by atoms with Crippen LogP contribution in [-0.4, -0.2) is 36.7 Å². The van der Waals surface area contributed by atoms with E-state index in [4.69, 9.17) is 9.84 Å². The van der Waals surface area contributed by atoms with Gasteiger partial charge in [-0.3, -0.25) is 9.59 Å². The maximum atomic E-state index is 12.9. The minimum absolute atomic E-state index is 0.130. The van der Waals surface area contributed by atoms with E-state index < -0.39 is 11.9 Å². The highest BCUT2D eigenvalue weighted by Gasteiger charge is 2.09. The van der Waals surface area contributed by atoms with Crippen molar-refractivity contribution in [3.05, 3.63) is 54.3 Å². The van der Waals surface area contributed by atoms with Crippen molar-refractivity contribution >= 4 is 29.0 Å². The lowest BCUT2D eigenvalue weighted by Crippen LogP contribution is -2.28. The molecule has 0 spiro atoms. The van der Waals surface area contributed by atoms with E-state index in [-0.39, 0.29) is 25.3 Å². The first-order chi connectivity index (χ1) is 13.5. The molecule has 0 amide bonds. The topological polar surface area (TPSA) is 91.6 Å². The molecular weight excluding hydrogens is 365 g/mol. The predicted octanol–water partition coefficient (Wildman–Crippen LogP) is 4.48. The smallest absolute Gasteiger partial charge is 0.306 e. The number of esters is 1. The van der Waals surface area contributed by atoms with Gasteiger partial charge in [0.1, 0.15) is 12.4 Å². The summed E-state index contributed by atoms with van der Waals surface area (Å²) in [6, 6.07) is 13.1. The van der Waals surface area contributed by atoms with E-state index in [9.17, 15) is 14.0 Å². The first kappa shape index (κ1) is 21.0. The lowest BCUT2D eigenvalue weighted by Gasteiger charge is -2.22. The molecule has 28 heavy (non-hydrogen) atoms. The molecule has 0 aliphatic rings. The summed E-state index contributed by atoms with van der Waals surface area (Å²) >= 11 is 0. The Balaban J connectivity index is 1.86. The molecule has 2 aromatic carbocycles. The highest BCUT2D eigenvalue weighted by atomic mass is 19.1. The molecule has 0 heterocycles. The average Bonchev–Trinajstić information content (AvgIpc) is 2.70. The van der Waals surface area contributed by atoms with Crippen LogP contribution in [0.3, 0.4) is 0 Å². The summed E-state index contributed by atoms with van der Waals surface area (Å²) in [5.74, 6) is -1.87. The monoisotopic (exact) mass is 387 g/mol. The number of likely N-dealkylation sites (N-methyl/N-ethyl adjacent to an activating group) is 1. The van der Waals surface area contributed by atoms with Crippen LogP contribution in [0.2, 0.25) is 0 Å². The zero-order chi connectivity index (χ0) is 20.4. The Bertz CT molecular complexity index is 807. The summed E-state index contributed by atoms with van der Waals surface area (Å²) in [5.41, 5.74) is 2.15. The van der Waals surface area contributed by atoms with Crippen LogP contribution >= 0.6 is 0 Å². The number of benzene rings is 2. The Morgan fingerprint density at radius 3 is 2.11 bits per heavy atom. The Hall–Kier alpha value is -3.29. The molecule has 148 valence electrons. The van der Waals surface area contributed by atoms with Crippen LogP contribution in [0.15, 0.2) is 58.8 Å². The van der Waals surface area contributed by atoms with Gasteiger partial charge in [0.15, 0.2) is 0 Å².